The van der Waals surface area contributed by atoms with E-state index in [-0.39, 0.29) is 11.9 Å². The molecule has 0 spiro atoms. The van der Waals surface area contributed by atoms with Crippen LogP contribution in [0.4, 0.5) is 0 Å². The van der Waals surface area contributed by atoms with Crippen molar-refractivity contribution in [2.75, 3.05) is 6.61 Å². The number of aromatic nitrogens is 4. The second-order valence-electron chi connectivity index (χ2n) is 8.32. The smallest absolute Gasteiger partial charge is 0.357 e. The van der Waals surface area contributed by atoms with Gasteiger partial charge in [-0.15, -0.1) is 0 Å². The van der Waals surface area contributed by atoms with Crippen LogP contribution in [0.5, 0.6) is 0 Å². The first-order valence-corrected chi connectivity index (χ1v) is 10.7. The van der Waals surface area contributed by atoms with Crippen molar-refractivity contribution >= 4 is 17.0 Å². The largest absolute Gasteiger partial charge is 0.461 e. The van der Waals surface area contributed by atoms with Crippen LogP contribution in [0.1, 0.15) is 81.0 Å². The summed E-state index contributed by atoms with van der Waals surface area (Å²) in [5.41, 5.74) is 4.28. The lowest BCUT2D eigenvalue weighted by Crippen LogP contribution is -2.16. The molecule has 6 heteroatoms. The highest BCUT2D eigenvalue weighted by molar-refractivity contribution is 6.00. The van der Waals surface area contributed by atoms with Gasteiger partial charge in [0.25, 0.3) is 0 Å². The van der Waals surface area contributed by atoms with Crippen molar-refractivity contribution in [3.63, 3.8) is 0 Å². The first kappa shape index (κ1) is 19.7. The van der Waals surface area contributed by atoms with Crippen LogP contribution in [0.2, 0.25) is 0 Å². The molecule has 3 aromatic heterocycles. The van der Waals surface area contributed by atoms with Crippen molar-refractivity contribution in [1.29, 1.82) is 0 Å². The van der Waals surface area contributed by atoms with Gasteiger partial charge in [0.15, 0.2) is 11.3 Å². The standard InChI is InChI=1S/C23H30N4O2/c1-5-29-23(28)19-13-18(16-11-12-26(4)14-16)20-21(15(2)3)25-27(22(20)24-19)17-9-7-6-8-10-17/h11-15,17H,5-10H2,1-4H3. The van der Waals surface area contributed by atoms with E-state index >= 15 is 0 Å². The van der Waals surface area contributed by atoms with Crippen molar-refractivity contribution in [2.45, 2.75) is 64.8 Å². The molecule has 6 nitrogen and oxygen atoms in total. The Kier molecular flexibility index (Phi) is 5.43. The Morgan fingerprint density at radius 3 is 2.66 bits per heavy atom. The van der Waals surface area contributed by atoms with Gasteiger partial charge in [-0.25, -0.2) is 14.5 Å². The molecule has 0 amide bonds. The fourth-order valence-corrected chi connectivity index (χ4v) is 4.35. The van der Waals surface area contributed by atoms with Gasteiger partial charge in [0.1, 0.15) is 0 Å². The third-order valence-corrected chi connectivity index (χ3v) is 5.78. The van der Waals surface area contributed by atoms with Crippen LogP contribution in [-0.2, 0) is 11.8 Å². The maximum absolute atomic E-state index is 12.6. The zero-order valence-electron chi connectivity index (χ0n) is 17.8. The van der Waals surface area contributed by atoms with E-state index < -0.39 is 0 Å². The Balaban J connectivity index is 2.00. The SMILES string of the molecule is CCOC(=O)c1cc(-c2ccn(C)c2)c2c(C(C)C)nn(C3CCCCC3)c2n1. The lowest BCUT2D eigenvalue weighted by Gasteiger charge is -2.22. The van der Waals surface area contributed by atoms with E-state index in [1.54, 1.807) is 0 Å². The summed E-state index contributed by atoms with van der Waals surface area (Å²) in [4.78, 5) is 17.4. The Labute approximate surface area is 171 Å². The van der Waals surface area contributed by atoms with Crippen LogP contribution in [-0.4, -0.2) is 31.9 Å². The highest BCUT2D eigenvalue weighted by Gasteiger charge is 2.26. The lowest BCUT2D eigenvalue weighted by atomic mass is 9.95. The van der Waals surface area contributed by atoms with Gasteiger partial charge in [0, 0.05) is 25.0 Å². The fourth-order valence-electron chi connectivity index (χ4n) is 4.35. The summed E-state index contributed by atoms with van der Waals surface area (Å²) in [6.45, 7) is 6.48. The third-order valence-electron chi connectivity index (χ3n) is 5.78. The molecule has 0 radical (unpaired) electrons. The molecule has 3 heterocycles. The number of carbonyl (C=O) groups is 1. The second-order valence-corrected chi connectivity index (χ2v) is 8.32. The normalized spacial score (nSPS) is 15.3. The molecule has 0 aliphatic heterocycles. The van der Waals surface area contributed by atoms with Crippen LogP contribution in [0.15, 0.2) is 24.5 Å². The van der Waals surface area contributed by atoms with Gasteiger partial charge >= 0.3 is 5.97 Å². The highest BCUT2D eigenvalue weighted by atomic mass is 16.5. The zero-order chi connectivity index (χ0) is 20.5. The van der Waals surface area contributed by atoms with Gasteiger partial charge in [-0.2, -0.15) is 5.10 Å². The third kappa shape index (κ3) is 3.68. The first-order chi connectivity index (χ1) is 14.0. The molecule has 1 aliphatic rings. The second kappa shape index (κ2) is 8.01. The number of fused-ring (bicyclic) bond motifs is 1. The average molecular weight is 395 g/mol. The number of hydrogen-bond donors (Lipinski definition) is 0. The number of carbonyl (C=O) groups excluding carboxylic acids is 1. The molecule has 0 unspecified atom stereocenters. The molecular formula is C23H30N4O2. The van der Waals surface area contributed by atoms with E-state index in [4.69, 9.17) is 14.8 Å². The summed E-state index contributed by atoms with van der Waals surface area (Å²) in [6.07, 6.45) is 10.0. The topological polar surface area (TPSA) is 61.9 Å². The monoisotopic (exact) mass is 394 g/mol. The van der Waals surface area contributed by atoms with Gasteiger partial charge in [-0.05, 0) is 43.4 Å². The predicted molar refractivity (Wildman–Crippen MR) is 114 cm³/mol. The Bertz CT molecular complexity index is 1030. The average Bonchev–Trinajstić information content (AvgIpc) is 3.32. The minimum Gasteiger partial charge on any atom is -0.461 e. The molecule has 0 bridgehead atoms. The minimum absolute atomic E-state index is 0.264. The number of esters is 1. The van der Waals surface area contributed by atoms with Crippen LogP contribution >= 0.6 is 0 Å². The van der Waals surface area contributed by atoms with Crippen LogP contribution < -0.4 is 0 Å². The number of hydrogen-bond acceptors (Lipinski definition) is 4. The van der Waals surface area contributed by atoms with E-state index in [9.17, 15) is 4.79 Å². The van der Waals surface area contributed by atoms with Crippen LogP contribution in [0, 0.1) is 0 Å². The van der Waals surface area contributed by atoms with Gasteiger partial charge in [0.2, 0.25) is 0 Å². The number of aryl methyl sites for hydroxylation is 1. The quantitative estimate of drug-likeness (QED) is 0.555. The van der Waals surface area contributed by atoms with Crippen molar-refractivity contribution in [1.82, 2.24) is 19.3 Å². The molecule has 4 rings (SSSR count). The summed E-state index contributed by atoms with van der Waals surface area (Å²) >= 11 is 0. The Morgan fingerprint density at radius 1 is 1.28 bits per heavy atom. The van der Waals surface area contributed by atoms with E-state index in [0.717, 1.165) is 40.7 Å². The molecular weight excluding hydrogens is 364 g/mol. The van der Waals surface area contributed by atoms with Crippen molar-refractivity contribution in [2.24, 2.45) is 7.05 Å². The maximum atomic E-state index is 12.6. The highest BCUT2D eigenvalue weighted by Crippen LogP contribution is 2.38. The number of nitrogens with zero attached hydrogens (tertiary/aromatic N) is 4. The molecule has 3 aromatic rings. The Hall–Kier alpha value is -2.63. The van der Waals surface area contributed by atoms with Crippen molar-refractivity contribution in [3.05, 3.63) is 35.9 Å². The zero-order valence-corrected chi connectivity index (χ0v) is 17.8. The van der Waals surface area contributed by atoms with Gasteiger partial charge in [-0.1, -0.05) is 33.1 Å². The molecule has 0 aromatic carbocycles. The number of ether oxygens (including phenoxy) is 1. The molecule has 29 heavy (non-hydrogen) atoms. The van der Waals surface area contributed by atoms with Crippen molar-refractivity contribution < 1.29 is 9.53 Å². The van der Waals surface area contributed by atoms with E-state index in [1.807, 2.05) is 30.8 Å². The van der Waals surface area contributed by atoms with E-state index in [0.29, 0.717) is 18.3 Å². The van der Waals surface area contributed by atoms with E-state index in [1.165, 1.54) is 19.3 Å². The number of pyridine rings is 1. The maximum Gasteiger partial charge on any atom is 0.357 e. The summed E-state index contributed by atoms with van der Waals surface area (Å²) < 4.78 is 9.39. The van der Waals surface area contributed by atoms with E-state index in [2.05, 4.69) is 30.8 Å². The predicted octanol–water partition coefficient (Wildman–Crippen LogP) is 5.24. The van der Waals surface area contributed by atoms with Crippen LogP contribution in [0.3, 0.4) is 0 Å². The lowest BCUT2D eigenvalue weighted by molar-refractivity contribution is 0.0520. The number of rotatable bonds is 5. The molecule has 0 atom stereocenters. The fraction of sp³-hybridized carbons (Fsp3) is 0.522. The molecule has 1 saturated carbocycles. The summed E-state index contributed by atoms with van der Waals surface area (Å²) in [5, 5.41) is 6.11. The van der Waals surface area contributed by atoms with Gasteiger partial charge in [-0.3, -0.25) is 0 Å². The molecule has 0 saturated heterocycles. The molecule has 1 fully saturated rings. The minimum atomic E-state index is -0.380. The molecule has 154 valence electrons. The van der Waals surface area contributed by atoms with Gasteiger partial charge < -0.3 is 9.30 Å². The Morgan fingerprint density at radius 2 is 2.03 bits per heavy atom. The van der Waals surface area contributed by atoms with Crippen molar-refractivity contribution in [3.8, 4) is 11.1 Å². The first-order valence-electron chi connectivity index (χ1n) is 10.7. The molecule has 1 aliphatic carbocycles. The summed E-state index contributed by atoms with van der Waals surface area (Å²) in [6, 6.07) is 4.28. The summed E-state index contributed by atoms with van der Waals surface area (Å²) in [5.74, 6) is -0.117. The van der Waals surface area contributed by atoms with Gasteiger partial charge in [0.05, 0.1) is 23.7 Å². The van der Waals surface area contributed by atoms with Crippen LogP contribution in [0.25, 0.3) is 22.2 Å². The molecule has 0 N–H and O–H groups in total. The summed E-state index contributed by atoms with van der Waals surface area (Å²) in [7, 11) is 2.00.